The highest BCUT2D eigenvalue weighted by molar-refractivity contribution is 5.68. The van der Waals surface area contributed by atoms with Crippen LogP contribution in [0.15, 0.2) is 0 Å². The molecule has 0 aliphatic rings. The number of aliphatic hydroxyl groups is 2. The van der Waals surface area contributed by atoms with Crippen LogP contribution in [0.25, 0.3) is 0 Å². The summed E-state index contributed by atoms with van der Waals surface area (Å²) in [6, 6.07) is 0. The molecule has 2 N–H and O–H groups in total. The number of rotatable bonds is 5. The molecule has 0 aromatic carbocycles. The second kappa shape index (κ2) is 6.62. The molecule has 0 aromatic rings. The Hall–Kier alpha value is -0.810. The van der Waals surface area contributed by atoms with Crippen molar-refractivity contribution in [1.29, 1.82) is 0 Å². The smallest absolute Gasteiger partial charge is 0.410 e. The van der Waals surface area contributed by atoms with Gasteiger partial charge in [-0.3, -0.25) is 0 Å². The number of carbonyl (C=O) groups is 1. The van der Waals surface area contributed by atoms with Gasteiger partial charge in [0, 0.05) is 13.1 Å². The molecule has 0 rings (SSSR count). The lowest BCUT2D eigenvalue weighted by molar-refractivity contribution is 0.0670. The van der Waals surface area contributed by atoms with E-state index < -0.39 is 18.3 Å². The second-order valence-electron chi connectivity index (χ2n) is 3.22. The van der Waals surface area contributed by atoms with E-state index in [9.17, 15) is 4.79 Å². The van der Waals surface area contributed by atoms with Crippen molar-refractivity contribution in [3.63, 3.8) is 0 Å². The van der Waals surface area contributed by atoms with Crippen molar-refractivity contribution in [2.75, 3.05) is 13.1 Å². The van der Waals surface area contributed by atoms with Gasteiger partial charge in [0.05, 0.1) is 12.2 Å². The summed E-state index contributed by atoms with van der Waals surface area (Å²) < 4.78 is 4.65. The fourth-order valence-corrected chi connectivity index (χ4v) is 1.04. The van der Waals surface area contributed by atoms with Crippen molar-refractivity contribution in [3.05, 3.63) is 6.61 Å². The van der Waals surface area contributed by atoms with Crippen LogP contribution in [0.4, 0.5) is 4.79 Å². The molecule has 0 spiro atoms. The number of ether oxygens (including phenoxy) is 1. The van der Waals surface area contributed by atoms with Gasteiger partial charge in [-0.15, -0.1) is 0 Å². The normalized spacial score (nSPS) is 14.6. The van der Waals surface area contributed by atoms with Gasteiger partial charge in [0.25, 0.3) is 0 Å². The monoisotopic (exact) mass is 204 g/mol. The Morgan fingerprint density at radius 2 is 1.79 bits per heavy atom. The quantitative estimate of drug-likeness (QED) is 0.678. The van der Waals surface area contributed by atoms with Crippen molar-refractivity contribution in [2.45, 2.75) is 33.0 Å². The molecule has 2 unspecified atom stereocenters. The first-order valence-electron chi connectivity index (χ1n) is 4.56. The first kappa shape index (κ1) is 13.2. The van der Waals surface area contributed by atoms with Crippen LogP contribution in [0, 0.1) is 6.61 Å². The first-order valence-corrected chi connectivity index (χ1v) is 4.56. The van der Waals surface area contributed by atoms with E-state index in [4.69, 9.17) is 10.2 Å². The SMILES string of the molecule is C[CH]OC(=O)N(CC(C)O)CC(C)O. The zero-order valence-corrected chi connectivity index (χ0v) is 8.80. The number of aliphatic hydroxyl groups excluding tert-OH is 2. The fraction of sp³-hybridized carbons (Fsp3) is 0.778. The van der Waals surface area contributed by atoms with Crippen molar-refractivity contribution >= 4 is 6.09 Å². The molecule has 5 nitrogen and oxygen atoms in total. The molecule has 0 heterocycles. The Kier molecular flexibility index (Phi) is 6.23. The Morgan fingerprint density at radius 3 is 2.07 bits per heavy atom. The van der Waals surface area contributed by atoms with Crippen LogP contribution < -0.4 is 0 Å². The Balaban J connectivity index is 4.15. The van der Waals surface area contributed by atoms with Crippen molar-refractivity contribution in [2.24, 2.45) is 0 Å². The van der Waals surface area contributed by atoms with E-state index in [1.54, 1.807) is 20.8 Å². The van der Waals surface area contributed by atoms with Gasteiger partial charge < -0.3 is 19.8 Å². The minimum atomic E-state index is -0.641. The first-order chi connectivity index (χ1) is 6.47. The minimum absolute atomic E-state index is 0.150. The molecule has 0 bridgehead atoms. The van der Waals surface area contributed by atoms with Gasteiger partial charge in [-0.25, -0.2) is 4.79 Å². The third-order valence-electron chi connectivity index (χ3n) is 1.45. The van der Waals surface area contributed by atoms with Gasteiger partial charge in [-0.05, 0) is 20.8 Å². The van der Waals surface area contributed by atoms with E-state index in [0.717, 1.165) is 0 Å². The number of amides is 1. The predicted octanol–water partition coefficient (Wildman–Crippen LogP) is 0.368. The summed E-state index contributed by atoms with van der Waals surface area (Å²) in [7, 11) is 0. The molecule has 0 aromatic heterocycles. The molecular formula is C9H18NO4. The van der Waals surface area contributed by atoms with Crippen molar-refractivity contribution in [1.82, 2.24) is 4.90 Å². The summed E-state index contributed by atoms with van der Waals surface area (Å²) in [4.78, 5) is 12.5. The molecule has 0 aliphatic carbocycles. The van der Waals surface area contributed by atoms with Gasteiger partial charge >= 0.3 is 6.09 Å². The molecule has 1 radical (unpaired) electrons. The molecule has 83 valence electrons. The summed E-state index contributed by atoms with van der Waals surface area (Å²) in [5.74, 6) is 0. The highest BCUT2D eigenvalue weighted by atomic mass is 16.6. The van der Waals surface area contributed by atoms with E-state index in [0.29, 0.717) is 0 Å². The molecule has 0 saturated carbocycles. The van der Waals surface area contributed by atoms with Crippen LogP contribution in [0.2, 0.25) is 0 Å². The Bertz CT molecular complexity index is 160. The lowest BCUT2D eigenvalue weighted by Gasteiger charge is -2.24. The van der Waals surface area contributed by atoms with E-state index >= 15 is 0 Å². The maximum atomic E-state index is 11.3. The Labute approximate surface area is 84.3 Å². The molecule has 0 saturated heterocycles. The van der Waals surface area contributed by atoms with Crippen LogP contribution in [0.3, 0.4) is 0 Å². The summed E-state index contributed by atoms with van der Waals surface area (Å²) >= 11 is 0. The number of hydrogen-bond donors (Lipinski definition) is 2. The van der Waals surface area contributed by atoms with Crippen LogP contribution in [0.1, 0.15) is 20.8 Å². The average Bonchev–Trinajstić information content (AvgIpc) is 2.01. The third kappa shape index (κ3) is 5.77. The summed E-state index contributed by atoms with van der Waals surface area (Å²) in [6.45, 7) is 6.28. The lowest BCUT2D eigenvalue weighted by atomic mass is 10.3. The highest BCUT2D eigenvalue weighted by Gasteiger charge is 2.18. The standard InChI is InChI=1S/C9H18NO4/c1-4-14-9(13)10(5-7(2)11)6-8(3)12/h4,7-8,11-12H,5-6H2,1-3H3. The molecular weight excluding hydrogens is 186 g/mol. The average molecular weight is 204 g/mol. The predicted molar refractivity (Wildman–Crippen MR) is 51.4 cm³/mol. The van der Waals surface area contributed by atoms with Gasteiger partial charge in [-0.1, -0.05) is 0 Å². The van der Waals surface area contributed by atoms with Crippen LogP contribution >= 0.6 is 0 Å². The molecule has 14 heavy (non-hydrogen) atoms. The lowest BCUT2D eigenvalue weighted by Crippen LogP contribution is -2.40. The fourth-order valence-electron chi connectivity index (χ4n) is 1.04. The summed E-state index contributed by atoms with van der Waals surface area (Å²) in [5, 5.41) is 18.2. The summed E-state index contributed by atoms with van der Waals surface area (Å²) in [6.07, 6.45) is -1.84. The van der Waals surface area contributed by atoms with E-state index in [1.807, 2.05) is 0 Å². The molecule has 5 heteroatoms. The number of hydrogen-bond acceptors (Lipinski definition) is 4. The molecule has 2 atom stereocenters. The zero-order chi connectivity index (χ0) is 11.1. The molecule has 0 aliphatic heterocycles. The molecule has 1 amide bonds. The Morgan fingerprint density at radius 1 is 1.36 bits per heavy atom. The van der Waals surface area contributed by atoms with Crippen LogP contribution in [0.5, 0.6) is 0 Å². The minimum Gasteiger partial charge on any atom is -0.442 e. The van der Waals surface area contributed by atoms with Gasteiger partial charge in [0.2, 0.25) is 0 Å². The van der Waals surface area contributed by atoms with Crippen LogP contribution in [-0.2, 0) is 4.74 Å². The maximum Gasteiger partial charge on any atom is 0.410 e. The van der Waals surface area contributed by atoms with Gasteiger partial charge in [-0.2, -0.15) is 0 Å². The van der Waals surface area contributed by atoms with E-state index in [1.165, 1.54) is 11.5 Å². The van der Waals surface area contributed by atoms with Crippen LogP contribution in [-0.4, -0.2) is 46.5 Å². The molecule has 0 fully saturated rings. The largest absolute Gasteiger partial charge is 0.442 e. The van der Waals surface area contributed by atoms with Crippen molar-refractivity contribution < 1.29 is 19.7 Å². The summed E-state index contributed by atoms with van der Waals surface area (Å²) in [5.41, 5.74) is 0. The van der Waals surface area contributed by atoms with Crippen molar-refractivity contribution in [3.8, 4) is 0 Å². The number of nitrogens with zero attached hydrogens (tertiary/aromatic N) is 1. The highest BCUT2D eigenvalue weighted by Crippen LogP contribution is 2.00. The zero-order valence-electron chi connectivity index (χ0n) is 8.80. The third-order valence-corrected chi connectivity index (χ3v) is 1.45. The number of carbonyl (C=O) groups excluding carboxylic acids is 1. The second-order valence-corrected chi connectivity index (χ2v) is 3.22. The topological polar surface area (TPSA) is 70.0 Å². The van der Waals surface area contributed by atoms with E-state index in [2.05, 4.69) is 4.74 Å². The maximum absolute atomic E-state index is 11.3. The van der Waals surface area contributed by atoms with E-state index in [-0.39, 0.29) is 13.1 Å². The van der Waals surface area contributed by atoms with Gasteiger partial charge in [0.1, 0.15) is 6.61 Å². The van der Waals surface area contributed by atoms with Gasteiger partial charge in [0.15, 0.2) is 0 Å².